The maximum absolute atomic E-state index is 14.5. The summed E-state index contributed by atoms with van der Waals surface area (Å²) in [5, 5.41) is 3.05. The molecule has 0 saturated carbocycles. The van der Waals surface area contributed by atoms with E-state index < -0.39 is 34.1 Å². The number of benzene rings is 4. The Hall–Kier alpha value is -4.63. The number of carbonyl (C=O) groups is 2. The molecule has 236 valence electrons. The van der Waals surface area contributed by atoms with Crippen molar-refractivity contribution >= 4 is 27.5 Å². The van der Waals surface area contributed by atoms with Gasteiger partial charge in [0, 0.05) is 18.5 Å². The van der Waals surface area contributed by atoms with Crippen LogP contribution in [0, 0.1) is 6.92 Å². The Morgan fingerprint density at radius 3 is 1.93 bits per heavy atom. The number of hydrogen-bond acceptors (Lipinski definition) is 5. The van der Waals surface area contributed by atoms with Crippen LogP contribution in [0.4, 0.5) is 5.69 Å². The van der Waals surface area contributed by atoms with Crippen LogP contribution in [0.2, 0.25) is 0 Å². The third kappa shape index (κ3) is 8.95. The van der Waals surface area contributed by atoms with Gasteiger partial charge in [0.2, 0.25) is 11.8 Å². The third-order valence-corrected chi connectivity index (χ3v) is 9.00. The van der Waals surface area contributed by atoms with Crippen LogP contribution < -0.4 is 14.4 Å². The maximum Gasteiger partial charge on any atom is 0.264 e. The Kier molecular flexibility index (Phi) is 10.7. The maximum atomic E-state index is 14.5. The van der Waals surface area contributed by atoms with E-state index in [2.05, 4.69) is 5.32 Å². The summed E-state index contributed by atoms with van der Waals surface area (Å²) in [5.41, 5.74) is 2.52. The number of rotatable bonds is 12. The van der Waals surface area contributed by atoms with Crippen molar-refractivity contribution in [2.75, 3.05) is 18.0 Å². The highest BCUT2D eigenvalue weighted by atomic mass is 32.2. The SMILES string of the molecule is COc1ccc(S(=O)(=O)N(CC(=O)N(Cc2ccc(C)cc2)[C@H](Cc2ccccc2)C(=O)NC(C)(C)C)c2ccccc2)cc1. The van der Waals surface area contributed by atoms with Crippen LogP contribution in [0.5, 0.6) is 5.75 Å². The Morgan fingerprint density at radius 2 is 1.38 bits per heavy atom. The fourth-order valence-electron chi connectivity index (χ4n) is 4.89. The van der Waals surface area contributed by atoms with Crippen LogP contribution in [-0.4, -0.2) is 50.4 Å². The molecule has 0 unspecified atom stereocenters. The van der Waals surface area contributed by atoms with Gasteiger partial charge in [0.15, 0.2) is 0 Å². The Bertz CT molecular complexity index is 1670. The van der Waals surface area contributed by atoms with Gasteiger partial charge in [-0.1, -0.05) is 78.4 Å². The molecule has 0 fully saturated rings. The van der Waals surface area contributed by atoms with Crippen LogP contribution in [0.1, 0.15) is 37.5 Å². The first-order valence-electron chi connectivity index (χ1n) is 14.8. The summed E-state index contributed by atoms with van der Waals surface area (Å²) in [7, 11) is -2.69. The number of ether oxygens (including phenoxy) is 1. The molecule has 0 aliphatic carbocycles. The molecule has 9 heteroatoms. The van der Waals surface area contributed by atoms with Crippen LogP contribution in [0.3, 0.4) is 0 Å². The molecule has 0 saturated heterocycles. The first-order chi connectivity index (χ1) is 21.4. The number of hydrogen-bond donors (Lipinski definition) is 1. The number of nitrogens with one attached hydrogen (secondary N) is 1. The lowest BCUT2D eigenvalue weighted by atomic mass is 10.0. The van der Waals surface area contributed by atoms with Crippen molar-refractivity contribution in [2.45, 2.75) is 57.1 Å². The number of para-hydroxylation sites is 1. The summed E-state index contributed by atoms with van der Waals surface area (Å²) in [6, 6.07) is 30.8. The van der Waals surface area contributed by atoms with Crippen molar-refractivity contribution in [1.29, 1.82) is 0 Å². The van der Waals surface area contributed by atoms with Crippen LogP contribution in [0.15, 0.2) is 114 Å². The van der Waals surface area contributed by atoms with Crippen molar-refractivity contribution < 1.29 is 22.7 Å². The van der Waals surface area contributed by atoms with E-state index in [4.69, 9.17) is 4.74 Å². The molecule has 0 aliphatic rings. The summed E-state index contributed by atoms with van der Waals surface area (Å²) in [6.07, 6.45) is 0.247. The fourth-order valence-corrected chi connectivity index (χ4v) is 6.31. The van der Waals surface area contributed by atoms with Crippen molar-refractivity contribution in [3.63, 3.8) is 0 Å². The van der Waals surface area contributed by atoms with E-state index in [1.165, 1.54) is 24.1 Å². The summed E-state index contributed by atoms with van der Waals surface area (Å²) >= 11 is 0. The highest BCUT2D eigenvalue weighted by molar-refractivity contribution is 7.92. The zero-order valence-corrected chi connectivity index (χ0v) is 27.3. The van der Waals surface area contributed by atoms with E-state index in [0.717, 1.165) is 21.0 Å². The monoisotopic (exact) mass is 627 g/mol. The first-order valence-corrected chi connectivity index (χ1v) is 16.2. The zero-order valence-electron chi connectivity index (χ0n) is 26.4. The molecule has 0 aromatic heterocycles. The van der Waals surface area contributed by atoms with Gasteiger partial charge in [-0.25, -0.2) is 8.42 Å². The van der Waals surface area contributed by atoms with Gasteiger partial charge in [-0.3, -0.25) is 13.9 Å². The van der Waals surface area contributed by atoms with E-state index >= 15 is 0 Å². The Labute approximate surface area is 266 Å². The Balaban J connectivity index is 1.79. The fraction of sp³-hybridized carbons (Fsp3) is 0.278. The van der Waals surface area contributed by atoms with E-state index in [1.54, 1.807) is 42.5 Å². The van der Waals surface area contributed by atoms with Gasteiger partial charge < -0.3 is 15.0 Å². The second-order valence-electron chi connectivity index (χ2n) is 12.0. The van der Waals surface area contributed by atoms with Crippen molar-refractivity contribution in [3.05, 3.63) is 126 Å². The molecule has 0 bridgehead atoms. The normalized spacial score (nSPS) is 12.2. The molecule has 1 N–H and O–H groups in total. The van der Waals surface area contributed by atoms with E-state index in [9.17, 15) is 18.0 Å². The average Bonchev–Trinajstić information content (AvgIpc) is 3.02. The number of anilines is 1. The van der Waals surface area contributed by atoms with Gasteiger partial charge in [0.05, 0.1) is 17.7 Å². The lowest BCUT2D eigenvalue weighted by molar-refractivity contribution is -0.140. The number of methoxy groups -OCH3 is 1. The van der Waals surface area contributed by atoms with Gasteiger partial charge in [-0.2, -0.15) is 0 Å². The first kappa shape index (κ1) is 33.3. The standard InChI is InChI=1S/C36H41N3O5S/c1-27-16-18-29(19-17-27)25-38(33(35(41)37-36(2,3)4)24-28-12-8-6-9-13-28)34(40)26-39(30-14-10-7-11-15-30)45(42,43)32-22-20-31(44-5)21-23-32/h6-23,33H,24-26H2,1-5H3,(H,37,41)/t33-/m1/s1. The number of carbonyl (C=O) groups excluding carboxylic acids is 2. The zero-order chi connectivity index (χ0) is 32.6. The summed E-state index contributed by atoms with van der Waals surface area (Å²) in [5.74, 6) is -0.327. The minimum Gasteiger partial charge on any atom is -0.497 e. The van der Waals surface area contributed by atoms with E-state index in [0.29, 0.717) is 11.4 Å². The van der Waals surface area contributed by atoms with E-state index in [1.807, 2.05) is 82.3 Å². The van der Waals surface area contributed by atoms with Gasteiger partial charge >= 0.3 is 0 Å². The predicted molar refractivity (Wildman–Crippen MR) is 178 cm³/mol. The third-order valence-electron chi connectivity index (χ3n) is 7.21. The number of aryl methyl sites for hydroxylation is 1. The molecule has 0 spiro atoms. The predicted octanol–water partition coefficient (Wildman–Crippen LogP) is 5.75. The molecular weight excluding hydrogens is 586 g/mol. The molecule has 4 aromatic carbocycles. The van der Waals surface area contributed by atoms with Crippen LogP contribution in [0.25, 0.3) is 0 Å². The quantitative estimate of drug-likeness (QED) is 0.216. The van der Waals surface area contributed by atoms with E-state index in [-0.39, 0.29) is 23.8 Å². The van der Waals surface area contributed by atoms with Gasteiger partial charge in [0.25, 0.3) is 10.0 Å². The minimum atomic E-state index is -4.19. The Morgan fingerprint density at radius 1 is 0.800 bits per heavy atom. The second kappa shape index (κ2) is 14.4. The molecule has 2 amide bonds. The number of nitrogens with zero attached hydrogens (tertiary/aromatic N) is 2. The highest BCUT2D eigenvalue weighted by Crippen LogP contribution is 2.26. The highest BCUT2D eigenvalue weighted by Gasteiger charge is 2.35. The smallest absolute Gasteiger partial charge is 0.264 e. The van der Waals surface area contributed by atoms with Crippen molar-refractivity contribution in [1.82, 2.24) is 10.2 Å². The number of sulfonamides is 1. The lowest BCUT2D eigenvalue weighted by Gasteiger charge is -2.35. The lowest BCUT2D eigenvalue weighted by Crippen LogP contribution is -2.56. The molecule has 4 rings (SSSR count). The molecule has 45 heavy (non-hydrogen) atoms. The van der Waals surface area contributed by atoms with Crippen molar-refractivity contribution in [3.8, 4) is 5.75 Å². The van der Waals surface area contributed by atoms with Crippen LogP contribution in [-0.2, 0) is 32.6 Å². The molecule has 0 radical (unpaired) electrons. The topological polar surface area (TPSA) is 96.0 Å². The molecular formula is C36H41N3O5S. The molecule has 0 aliphatic heterocycles. The summed E-state index contributed by atoms with van der Waals surface area (Å²) < 4.78 is 34.5. The van der Waals surface area contributed by atoms with Gasteiger partial charge in [0.1, 0.15) is 18.3 Å². The molecule has 0 heterocycles. The average molecular weight is 628 g/mol. The molecule has 4 aromatic rings. The minimum absolute atomic E-state index is 0.0105. The summed E-state index contributed by atoms with van der Waals surface area (Å²) in [4.78, 5) is 29.9. The van der Waals surface area contributed by atoms with Crippen LogP contribution >= 0.6 is 0 Å². The number of amides is 2. The second-order valence-corrected chi connectivity index (χ2v) is 13.8. The molecule has 1 atom stereocenters. The largest absolute Gasteiger partial charge is 0.497 e. The molecule has 8 nitrogen and oxygen atoms in total. The van der Waals surface area contributed by atoms with Gasteiger partial charge in [-0.05, 0) is 75.2 Å². The van der Waals surface area contributed by atoms with Gasteiger partial charge in [-0.15, -0.1) is 0 Å². The summed E-state index contributed by atoms with van der Waals surface area (Å²) in [6.45, 7) is 7.22. The van der Waals surface area contributed by atoms with Crippen molar-refractivity contribution in [2.24, 2.45) is 0 Å².